The molecular weight excluding hydrogens is 669 g/mol. The molecule has 0 radical (unpaired) electrons. The summed E-state index contributed by atoms with van der Waals surface area (Å²) in [5.74, 6) is 0. The van der Waals surface area contributed by atoms with Crippen LogP contribution in [0.25, 0.3) is 44.6 Å². The van der Waals surface area contributed by atoms with Crippen LogP contribution in [0.4, 0.5) is 0 Å². The van der Waals surface area contributed by atoms with Crippen molar-refractivity contribution < 1.29 is 9.31 Å². The number of hydrogen-bond acceptors (Lipinski definition) is 3. The molecule has 6 aromatic carbocycles. The van der Waals surface area contributed by atoms with Gasteiger partial charge in [0.1, 0.15) is 0 Å². The van der Waals surface area contributed by atoms with Crippen LogP contribution in [0.1, 0.15) is 74.9 Å². The number of benzene rings is 6. The van der Waals surface area contributed by atoms with E-state index in [-0.39, 0.29) is 5.41 Å². The molecule has 7 aromatic rings. The molecule has 0 spiro atoms. The Morgan fingerprint density at radius 3 is 1.44 bits per heavy atom. The first-order chi connectivity index (χ1) is 26.5. The standard InChI is InChI=1S/C51H44BNO2/c1-48(2)43-29-33(20-24-39(43)40-26-22-35(31-44(40)48)47-19-13-14-28-53-47)34-21-25-41-42-27-23-38(52-54-49(3,4)50(5,6)55-52)32-46(42)51(45(41)30-34,36-15-9-7-10-16-36)37-17-11-8-12-18-37/h7-32H,1-6H3. The van der Waals surface area contributed by atoms with Crippen LogP contribution < -0.4 is 5.46 Å². The van der Waals surface area contributed by atoms with Crippen LogP contribution in [0, 0.1) is 0 Å². The molecule has 1 saturated heterocycles. The third-order valence-electron chi connectivity index (χ3n) is 13.1. The van der Waals surface area contributed by atoms with Crippen molar-refractivity contribution in [3.63, 3.8) is 0 Å². The van der Waals surface area contributed by atoms with E-state index in [2.05, 4.69) is 192 Å². The monoisotopic (exact) mass is 713 g/mol. The second-order valence-electron chi connectivity index (χ2n) is 17.0. The van der Waals surface area contributed by atoms with Crippen molar-refractivity contribution in [2.45, 2.75) is 63.6 Å². The van der Waals surface area contributed by atoms with Crippen molar-refractivity contribution in [2.24, 2.45) is 0 Å². The van der Waals surface area contributed by atoms with E-state index in [4.69, 9.17) is 9.31 Å². The molecular formula is C51H44BNO2. The van der Waals surface area contributed by atoms with Gasteiger partial charge < -0.3 is 9.31 Å². The molecule has 1 aliphatic heterocycles. The Bertz CT molecular complexity index is 2570. The molecule has 1 aromatic heterocycles. The van der Waals surface area contributed by atoms with Crippen molar-refractivity contribution in [1.29, 1.82) is 0 Å². The second kappa shape index (κ2) is 12.0. The average molecular weight is 714 g/mol. The van der Waals surface area contributed by atoms with Gasteiger partial charge in [-0.15, -0.1) is 0 Å². The molecule has 4 heteroatoms. The summed E-state index contributed by atoms with van der Waals surface area (Å²) in [6, 6.07) is 56.0. The second-order valence-corrected chi connectivity index (χ2v) is 17.0. The molecule has 2 aliphatic carbocycles. The maximum atomic E-state index is 6.62. The number of aromatic nitrogens is 1. The molecule has 10 rings (SSSR count). The zero-order valence-corrected chi connectivity index (χ0v) is 32.4. The fourth-order valence-electron chi connectivity index (χ4n) is 9.42. The van der Waals surface area contributed by atoms with Gasteiger partial charge >= 0.3 is 7.12 Å². The Labute approximate surface area is 325 Å². The first-order valence-corrected chi connectivity index (χ1v) is 19.5. The van der Waals surface area contributed by atoms with Crippen LogP contribution in [0.15, 0.2) is 158 Å². The molecule has 3 aliphatic rings. The van der Waals surface area contributed by atoms with Gasteiger partial charge in [0.2, 0.25) is 0 Å². The number of nitrogens with zero attached hydrogens (tertiary/aromatic N) is 1. The fraction of sp³-hybridized carbons (Fsp3) is 0.196. The summed E-state index contributed by atoms with van der Waals surface area (Å²) >= 11 is 0. The van der Waals surface area contributed by atoms with Crippen LogP contribution in [-0.4, -0.2) is 23.3 Å². The highest BCUT2D eigenvalue weighted by Gasteiger charge is 2.53. The number of pyridine rings is 1. The minimum atomic E-state index is -0.559. The van der Waals surface area contributed by atoms with E-state index < -0.39 is 23.7 Å². The van der Waals surface area contributed by atoms with E-state index in [1.54, 1.807) is 0 Å². The van der Waals surface area contributed by atoms with Gasteiger partial charge in [0.05, 0.1) is 22.3 Å². The number of hydrogen-bond donors (Lipinski definition) is 0. The number of fused-ring (bicyclic) bond motifs is 6. The highest BCUT2D eigenvalue weighted by Crippen LogP contribution is 2.57. The van der Waals surface area contributed by atoms with Crippen LogP contribution in [0.5, 0.6) is 0 Å². The zero-order valence-electron chi connectivity index (χ0n) is 32.4. The molecule has 1 fully saturated rings. The lowest BCUT2D eigenvalue weighted by atomic mass is 9.66. The average Bonchev–Trinajstić information content (AvgIpc) is 3.72. The Balaban J connectivity index is 1.14. The molecule has 0 amide bonds. The molecule has 0 saturated carbocycles. The van der Waals surface area contributed by atoms with Gasteiger partial charge in [-0.05, 0) is 130 Å². The van der Waals surface area contributed by atoms with Crippen LogP contribution in [-0.2, 0) is 20.1 Å². The quantitative estimate of drug-likeness (QED) is 0.166. The first-order valence-electron chi connectivity index (χ1n) is 19.5. The topological polar surface area (TPSA) is 31.4 Å². The fourth-order valence-corrected chi connectivity index (χ4v) is 9.42. The summed E-state index contributed by atoms with van der Waals surface area (Å²) in [6.45, 7) is 13.2. The normalized spacial score (nSPS) is 17.7. The SMILES string of the molecule is CC1(C)c2cc(-c3ccc4c(c3)C(c3ccccc3)(c3ccccc3)c3cc(B5OC(C)(C)C(C)(C)O5)ccc3-4)ccc2-c2ccc(-c3ccccn3)cc21. The summed E-state index contributed by atoms with van der Waals surface area (Å²) in [4.78, 5) is 4.65. The van der Waals surface area contributed by atoms with E-state index in [9.17, 15) is 0 Å². The summed E-state index contributed by atoms with van der Waals surface area (Å²) in [5, 5.41) is 0. The number of rotatable bonds is 5. The third kappa shape index (κ3) is 4.94. The Morgan fingerprint density at radius 1 is 0.436 bits per heavy atom. The van der Waals surface area contributed by atoms with Gasteiger partial charge in [-0.1, -0.05) is 135 Å². The highest BCUT2D eigenvalue weighted by atomic mass is 16.7. The van der Waals surface area contributed by atoms with Gasteiger partial charge in [0.15, 0.2) is 0 Å². The Morgan fingerprint density at radius 2 is 0.891 bits per heavy atom. The van der Waals surface area contributed by atoms with Gasteiger partial charge in [0, 0.05) is 17.2 Å². The molecule has 268 valence electrons. The maximum absolute atomic E-state index is 6.62. The van der Waals surface area contributed by atoms with Gasteiger partial charge in [-0.25, -0.2) is 0 Å². The summed E-state index contributed by atoms with van der Waals surface area (Å²) < 4.78 is 13.2. The minimum absolute atomic E-state index is 0.166. The predicted molar refractivity (Wildman–Crippen MR) is 226 cm³/mol. The molecule has 0 unspecified atom stereocenters. The largest absolute Gasteiger partial charge is 0.494 e. The lowest BCUT2D eigenvalue weighted by Gasteiger charge is -2.34. The van der Waals surface area contributed by atoms with E-state index in [1.165, 1.54) is 66.8 Å². The highest BCUT2D eigenvalue weighted by molar-refractivity contribution is 6.62. The van der Waals surface area contributed by atoms with Gasteiger partial charge in [-0.3, -0.25) is 4.98 Å². The van der Waals surface area contributed by atoms with E-state index >= 15 is 0 Å². The molecule has 0 bridgehead atoms. The van der Waals surface area contributed by atoms with Crippen molar-refractivity contribution in [2.75, 3.05) is 0 Å². The van der Waals surface area contributed by atoms with Gasteiger partial charge in [-0.2, -0.15) is 0 Å². The molecule has 0 atom stereocenters. The molecule has 3 nitrogen and oxygen atoms in total. The summed E-state index contributed by atoms with van der Waals surface area (Å²) in [7, 11) is -0.460. The third-order valence-corrected chi connectivity index (χ3v) is 13.1. The zero-order chi connectivity index (χ0) is 37.7. The van der Waals surface area contributed by atoms with E-state index in [0.29, 0.717) is 0 Å². The molecule has 55 heavy (non-hydrogen) atoms. The Hall–Kier alpha value is -5.55. The van der Waals surface area contributed by atoms with Crippen molar-refractivity contribution >= 4 is 12.6 Å². The lowest BCUT2D eigenvalue weighted by Crippen LogP contribution is -2.41. The summed E-state index contributed by atoms with van der Waals surface area (Å²) in [6.07, 6.45) is 1.87. The minimum Gasteiger partial charge on any atom is -0.399 e. The Kier molecular flexibility index (Phi) is 7.40. The van der Waals surface area contributed by atoms with Gasteiger partial charge in [0.25, 0.3) is 0 Å². The van der Waals surface area contributed by atoms with Crippen LogP contribution in [0.2, 0.25) is 0 Å². The molecule has 0 N–H and O–H groups in total. The first kappa shape index (κ1) is 34.0. The summed E-state index contributed by atoms with van der Waals surface area (Å²) in [5.41, 5.74) is 16.8. The van der Waals surface area contributed by atoms with Crippen molar-refractivity contribution in [1.82, 2.24) is 4.98 Å². The van der Waals surface area contributed by atoms with E-state index in [0.717, 1.165) is 16.7 Å². The van der Waals surface area contributed by atoms with Crippen LogP contribution in [0.3, 0.4) is 0 Å². The lowest BCUT2D eigenvalue weighted by molar-refractivity contribution is 0.00578. The van der Waals surface area contributed by atoms with Crippen molar-refractivity contribution in [3.8, 4) is 44.6 Å². The van der Waals surface area contributed by atoms with Crippen molar-refractivity contribution in [3.05, 3.63) is 191 Å². The van der Waals surface area contributed by atoms with Crippen LogP contribution >= 0.6 is 0 Å². The smallest absolute Gasteiger partial charge is 0.399 e. The van der Waals surface area contributed by atoms with E-state index in [1.807, 2.05) is 12.3 Å². The molecule has 2 heterocycles. The maximum Gasteiger partial charge on any atom is 0.494 e. The predicted octanol–water partition coefficient (Wildman–Crippen LogP) is 11.4.